The van der Waals surface area contributed by atoms with E-state index in [1.165, 1.54) is 24.3 Å². The summed E-state index contributed by atoms with van der Waals surface area (Å²) < 4.78 is 66.3. The third-order valence-electron chi connectivity index (χ3n) is 13.7. The number of piperazine rings is 1. The fourth-order valence-corrected chi connectivity index (χ4v) is 16.3. The number of anilines is 1. The minimum atomic E-state index is -2.33. The van der Waals surface area contributed by atoms with Crippen molar-refractivity contribution in [2.45, 2.75) is 108 Å². The average Bonchev–Trinajstić information content (AvgIpc) is 3.78. The van der Waals surface area contributed by atoms with Gasteiger partial charge < -0.3 is 24.2 Å². The Bertz CT molecular complexity index is 2420. The van der Waals surface area contributed by atoms with Crippen LogP contribution >= 0.6 is 0 Å². The summed E-state index contributed by atoms with van der Waals surface area (Å²) in [5.41, 5.74) is 5.11. The predicted molar refractivity (Wildman–Crippen MR) is 233 cm³/mol. The number of nitrogens with zero attached hydrogens (tertiary/aromatic N) is 6. The SMILES string of the molecule is C=C1CN2C[C@@H](F)C[C@@]2(COc2nc(N3C[C@H]4CC[C@@H](C3)N4C(=O)O)c3cnc(-c4cc(OCOC)cc5ccc(F)c(C#C[Si](C(C)C)(C(C)C)C(C)C)c45)c(F)c3n2)C1. The van der Waals surface area contributed by atoms with Gasteiger partial charge in [0.25, 0.3) is 0 Å². The van der Waals surface area contributed by atoms with E-state index in [9.17, 15) is 14.3 Å². The van der Waals surface area contributed by atoms with E-state index in [0.29, 0.717) is 83.2 Å². The Morgan fingerprint density at radius 3 is 2.39 bits per heavy atom. The number of carboxylic acid groups (broad SMARTS) is 1. The monoisotopic (exact) mass is 856 g/mol. The lowest BCUT2D eigenvalue weighted by atomic mass is 9.93. The van der Waals surface area contributed by atoms with E-state index < -0.39 is 37.5 Å². The second kappa shape index (κ2) is 16.4. The smallest absolute Gasteiger partial charge is 0.407 e. The van der Waals surface area contributed by atoms with Crippen LogP contribution in [0, 0.1) is 23.1 Å². The Morgan fingerprint density at radius 2 is 1.74 bits per heavy atom. The van der Waals surface area contributed by atoms with Gasteiger partial charge in [0.2, 0.25) is 0 Å². The molecule has 0 saturated carbocycles. The maximum absolute atomic E-state index is 17.7. The topological polar surface area (TPSA) is 113 Å². The average molecular weight is 857 g/mol. The molecule has 0 aliphatic carbocycles. The molecule has 8 rings (SSSR count). The first-order chi connectivity index (χ1) is 29.1. The van der Waals surface area contributed by atoms with Gasteiger partial charge in [0, 0.05) is 56.9 Å². The van der Waals surface area contributed by atoms with E-state index in [1.807, 2.05) is 9.80 Å². The summed E-state index contributed by atoms with van der Waals surface area (Å²) in [5.74, 6) is 2.70. The number of halogens is 3. The summed E-state index contributed by atoms with van der Waals surface area (Å²) in [4.78, 5) is 32.0. The number of fused-ring (bicyclic) bond motifs is 5. The minimum Gasteiger partial charge on any atom is -0.468 e. The zero-order chi connectivity index (χ0) is 43.5. The molecule has 1 N–H and O–H groups in total. The van der Waals surface area contributed by atoms with Gasteiger partial charge in [-0.15, -0.1) is 5.54 Å². The highest BCUT2D eigenvalue weighted by Crippen LogP contribution is 2.45. The van der Waals surface area contributed by atoms with Gasteiger partial charge in [0.15, 0.2) is 12.6 Å². The molecule has 4 aliphatic rings. The van der Waals surface area contributed by atoms with Crippen LogP contribution < -0.4 is 14.4 Å². The predicted octanol–water partition coefficient (Wildman–Crippen LogP) is 9.13. The van der Waals surface area contributed by atoms with Crippen LogP contribution in [0.2, 0.25) is 16.6 Å². The number of pyridine rings is 1. The molecule has 11 nitrogen and oxygen atoms in total. The standard InChI is InChI=1S/C46H55F3N6O5Si/c1-26(2)61(27(3)4,28(5)6)14-13-35-38(48)12-9-30-15-34(60-25-58-8)16-36(39(30)35)41-40(49)42-37(19-50-41)43(53-22-32-10-11-33(23-53)55(32)45(56)57)52-44(51-42)59-24-46-17-29(7)20-54(46)21-31(47)18-46/h9,12,15-16,19,26-28,31-33H,7,10-11,17-18,20-25H2,1-6,8H3,(H,56,57)/t31-,32-,33+,46+/m0/s1. The third-order valence-corrected chi connectivity index (χ3v) is 20.0. The van der Waals surface area contributed by atoms with Crippen molar-refractivity contribution in [3.8, 4) is 34.5 Å². The lowest BCUT2D eigenvalue weighted by molar-refractivity contribution is 0.0512. The number of ether oxygens (including phenoxy) is 3. The summed E-state index contributed by atoms with van der Waals surface area (Å²) in [6, 6.07) is 5.72. The van der Waals surface area contributed by atoms with Crippen LogP contribution in [0.15, 0.2) is 42.6 Å². The Hall–Kier alpha value is -4.91. The first-order valence-electron chi connectivity index (χ1n) is 21.3. The molecule has 2 bridgehead atoms. The van der Waals surface area contributed by atoms with Crippen molar-refractivity contribution in [2.24, 2.45) is 0 Å². The number of methoxy groups -OCH3 is 1. The number of amides is 1. The molecule has 61 heavy (non-hydrogen) atoms. The fourth-order valence-electron chi connectivity index (χ4n) is 11.1. The first-order valence-corrected chi connectivity index (χ1v) is 23.5. The first kappa shape index (κ1) is 42.8. The van der Waals surface area contributed by atoms with Gasteiger partial charge in [-0.2, -0.15) is 9.97 Å². The zero-order valence-electron chi connectivity index (χ0n) is 36.0. The lowest BCUT2D eigenvalue weighted by Crippen LogP contribution is -2.55. The quantitative estimate of drug-likeness (QED) is 0.0679. The van der Waals surface area contributed by atoms with Gasteiger partial charge in [-0.25, -0.2) is 18.0 Å². The summed E-state index contributed by atoms with van der Waals surface area (Å²) in [7, 11) is -0.834. The van der Waals surface area contributed by atoms with Gasteiger partial charge >= 0.3 is 12.1 Å². The second-order valence-electron chi connectivity index (χ2n) is 18.3. The van der Waals surface area contributed by atoms with Crippen LogP contribution in [0.25, 0.3) is 32.9 Å². The Labute approximate surface area is 356 Å². The minimum absolute atomic E-state index is 0.0632. The molecular formula is C46H55F3N6O5Si. The number of hydrogen-bond donors (Lipinski definition) is 1. The molecule has 324 valence electrons. The maximum atomic E-state index is 17.7. The van der Waals surface area contributed by atoms with Gasteiger partial charge in [0.05, 0.1) is 28.6 Å². The molecule has 15 heteroatoms. The normalized spacial score (nSPS) is 22.8. The number of aromatic nitrogens is 3. The van der Waals surface area contributed by atoms with Gasteiger partial charge in [-0.1, -0.05) is 65.7 Å². The molecule has 4 saturated heterocycles. The number of benzene rings is 2. The van der Waals surface area contributed by atoms with Crippen LogP contribution in [-0.2, 0) is 4.74 Å². The van der Waals surface area contributed by atoms with E-state index in [0.717, 1.165) is 5.57 Å². The van der Waals surface area contributed by atoms with Crippen LogP contribution in [0.3, 0.4) is 0 Å². The van der Waals surface area contributed by atoms with Crippen LogP contribution in [0.4, 0.5) is 23.8 Å². The summed E-state index contributed by atoms with van der Waals surface area (Å²) in [6.07, 6.45) is 1.72. The van der Waals surface area contributed by atoms with E-state index in [1.54, 1.807) is 18.2 Å². The Balaban J connectivity index is 1.31. The number of alkyl halides is 1. The molecule has 4 aliphatic heterocycles. The highest BCUT2D eigenvalue weighted by molar-refractivity contribution is 6.90. The van der Waals surface area contributed by atoms with Crippen molar-refractivity contribution < 1.29 is 37.3 Å². The van der Waals surface area contributed by atoms with E-state index >= 15 is 8.78 Å². The number of rotatable bonds is 11. The van der Waals surface area contributed by atoms with Crippen LogP contribution in [-0.4, -0.2) is 115 Å². The van der Waals surface area contributed by atoms with E-state index in [2.05, 4.69) is 64.6 Å². The van der Waals surface area contributed by atoms with Crippen molar-refractivity contribution in [3.05, 3.63) is 59.8 Å². The van der Waals surface area contributed by atoms with Crippen molar-refractivity contribution in [1.29, 1.82) is 0 Å². The molecule has 0 spiro atoms. The third kappa shape index (κ3) is 7.48. The van der Waals surface area contributed by atoms with Crippen molar-refractivity contribution >= 4 is 41.7 Å². The summed E-state index contributed by atoms with van der Waals surface area (Å²) >= 11 is 0. The fraction of sp³-hybridized carbons (Fsp3) is 0.522. The highest BCUT2D eigenvalue weighted by Gasteiger charge is 2.51. The Kier molecular flexibility index (Phi) is 11.5. The van der Waals surface area contributed by atoms with Crippen molar-refractivity contribution in [1.82, 2.24) is 24.8 Å². The summed E-state index contributed by atoms with van der Waals surface area (Å²) in [6.45, 7) is 18.8. The molecule has 2 aromatic heterocycles. The molecule has 4 fully saturated rings. The molecule has 1 amide bonds. The molecular weight excluding hydrogens is 802 g/mol. The second-order valence-corrected chi connectivity index (χ2v) is 23.9. The largest absolute Gasteiger partial charge is 0.468 e. The maximum Gasteiger partial charge on any atom is 0.407 e. The lowest BCUT2D eigenvalue weighted by Gasteiger charge is -2.40. The molecule has 0 radical (unpaired) electrons. The highest BCUT2D eigenvalue weighted by atomic mass is 28.3. The summed E-state index contributed by atoms with van der Waals surface area (Å²) in [5, 5.41) is 11.3. The zero-order valence-corrected chi connectivity index (χ0v) is 37.0. The van der Waals surface area contributed by atoms with Gasteiger partial charge in [-0.3, -0.25) is 14.8 Å². The van der Waals surface area contributed by atoms with Gasteiger partial charge in [0.1, 0.15) is 49.4 Å². The molecule has 4 aromatic rings. The van der Waals surface area contributed by atoms with E-state index in [4.69, 9.17) is 24.2 Å². The van der Waals surface area contributed by atoms with E-state index in [-0.39, 0.29) is 66.8 Å². The number of hydrogen-bond acceptors (Lipinski definition) is 9. The van der Waals surface area contributed by atoms with Crippen molar-refractivity contribution in [3.63, 3.8) is 0 Å². The molecule has 4 atom stereocenters. The van der Waals surface area contributed by atoms with Gasteiger partial charge in [-0.05, 0) is 59.5 Å². The molecule has 6 heterocycles. The molecule has 0 unspecified atom stereocenters. The van der Waals surface area contributed by atoms with Crippen molar-refractivity contribution in [2.75, 3.05) is 51.6 Å². The van der Waals surface area contributed by atoms with Crippen LogP contribution in [0.1, 0.15) is 72.8 Å². The Morgan fingerprint density at radius 1 is 1.03 bits per heavy atom. The molecule has 2 aromatic carbocycles. The van der Waals surface area contributed by atoms with Crippen LogP contribution in [0.5, 0.6) is 11.8 Å². The number of carbonyl (C=O) groups is 1.